The van der Waals surface area contributed by atoms with E-state index in [1.165, 1.54) is 0 Å². The van der Waals surface area contributed by atoms with E-state index in [2.05, 4.69) is 10.2 Å². The molecule has 0 radical (unpaired) electrons. The van der Waals surface area contributed by atoms with Crippen LogP contribution in [0.5, 0.6) is 0 Å². The first-order valence-corrected chi connectivity index (χ1v) is 5.95. The topological polar surface area (TPSA) is 131 Å². The first-order valence-electron chi connectivity index (χ1n) is 5.13. The lowest BCUT2D eigenvalue weighted by Crippen LogP contribution is -2.32. The van der Waals surface area contributed by atoms with Crippen molar-refractivity contribution in [1.82, 2.24) is 5.48 Å². The Bertz CT molecular complexity index is 525. The lowest BCUT2D eigenvalue weighted by molar-refractivity contribution is -0.124. The van der Waals surface area contributed by atoms with E-state index in [1.807, 2.05) is 5.48 Å². The fourth-order valence-corrected chi connectivity index (χ4v) is 2.32. The standard InChI is InChI=1S/C10H13N3O5S/c1-4-5(2)19-8(7(4)9(15)16)12-10(17)13-18-3-6(11)14/h3H2,1-2H3,(H2,11,14)(H,15,16)(H2,12,13,17). The van der Waals surface area contributed by atoms with Crippen molar-refractivity contribution >= 4 is 34.2 Å². The fourth-order valence-electron chi connectivity index (χ4n) is 1.27. The Hall–Kier alpha value is -2.13. The maximum absolute atomic E-state index is 11.4. The van der Waals surface area contributed by atoms with Gasteiger partial charge in [0.25, 0.3) is 0 Å². The van der Waals surface area contributed by atoms with Crippen LogP contribution in [0.4, 0.5) is 9.80 Å². The third kappa shape index (κ3) is 3.93. The smallest absolute Gasteiger partial charge is 0.343 e. The lowest BCUT2D eigenvalue weighted by atomic mass is 10.1. The average Bonchev–Trinajstić information content (AvgIpc) is 2.53. The number of hydrogen-bond donors (Lipinski definition) is 4. The number of carboxylic acid groups (broad SMARTS) is 1. The molecule has 0 aliphatic heterocycles. The molecule has 0 saturated heterocycles. The highest BCUT2D eigenvalue weighted by atomic mass is 32.1. The van der Waals surface area contributed by atoms with Crippen LogP contribution in [-0.2, 0) is 9.63 Å². The Balaban J connectivity index is 2.72. The van der Waals surface area contributed by atoms with Gasteiger partial charge in [-0.15, -0.1) is 11.3 Å². The summed E-state index contributed by atoms with van der Waals surface area (Å²) in [4.78, 5) is 38.1. The highest BCUT2D eigenvalue weighted by Crippen LogP contribution is 2.32. The summed E-state index contributed by atoms with van der Waals surface area (Å²) in [5.74, 6) is -1.87. The Labute approximate surface area is 112 Å². The minimum Gasteiger partial charge on any atom is -0.478 e. The SMILES string of the molecule is Cc1sc(NC(=O)NOCC(N)=O)c(C(=O)O)c1C. The molecule has 1 aromatic rings. The summed E-state index contributed by atoms with van der Waals surface area (Å²) in [6.07, 6.45) is 0. The zero-order chi connectivity index (χ0) is 14.6. The average molecular weight is 287 g/mol. The van der Waals surface area contributed by atoms with Gasteiger partial charge in [-0.2, -0.15) is 0 Å². The molecule has 19 heavy (non-hydrogen) atoms. The van der Waals surface area contributed by atoms with E-state index in [0.717, 1.165) is 16.2 Å². The molecule has 0 fully saturated rings. The van der Waals surface area contributed by atoms with Gasteiger partial charge in [0.15, 0.2) is 6.61 Å². The van der Waals surface area contributed by atoms with E-state index < -0.39 is 24.5 Å². The molecule has 1 aromatic heterocycles. The molecule has 9 heteroatoms. The zero-order valence-corrected chi connectivity index (χ0v) is 11.1. The summed E-state index contributed by atoms with van der Waals surface area (Å²) < 4.78 is 0. The van der Waals surface area contributed by atoms with Gasteiger partial charge in [-0.1, -0.05) is 0 Å². The monoisotopic (exact) mass is 287 g/mol. The summed E-state index contributed by atoms with van der Waals surface area (Å²) >= 11 is 1.14. The molecule has 1 heterocycles. The summed E-state index contributed by atoms with van der Waals surface area (Å²) in [6.45, 7) is 2.93. The highest BCUT2D eigenvalue weighted by molar-refractivity contribution is 7.16. The largest absolute Gasteiger partial charge is 0.478 e. The molecular weight excluding hydrogens is 274 g/mol. The Kier molecular flexibility index (Phi) is 4.84. The third-order valence-corrected chi connectivity index (χ3v) is 3.33. The lowest BCUT2D eigenvalue weighted by Gasteiger charge is -2.06. The molecule has 104 valence electrons. The van der Waals surface area contributed by atoms with Gasteiger partial charge in [-0.05, 0) is 19.4 Å². The second-order valence-electron chi connectivity index (χ2n) is 3.60. The molecule has 0 atom stereocenters. The van der Waals surface area contributed by atoms with Crippen LogP contribution >= 0.6 is 11.3 Å². The number of primary amides is 1. The van der Waals surface area contributed by atoms with Crippen molar-refractivity contribution in [3.63, 3.8) is 0 Å². The summed E-state index contributed by atoms with van der Waals surface area (Å²) in [7, 11) is 0. The van der Waals surface area contributed by atoms with Gasteiger partial charge >= 0.3 is 12.0 Å². The maximum atomic E-state index is 11.4. The van der Waals surface area contributed by atoms with E-state index in [-0.39, 0.29) is 10.6 Å². The number of nitrogens with one attached hydrogen (secondary N) is 2. The number of carbonyl (C=O) groups is 3. The molecular formula is C10H13N3O5S. The second-order valence-corrected chi connectivity index (χ2v) is 4.83. The summed E-state index contributed by atoms with van der Waals surface area (Å²) in [5, 5.41) is 11.6. The molecule has 0 bridgehead atoms. The Morgan fingerprint density at radius 1 is 1.37 bits per heavy atom. The first kappa shape index (κ1) is 14.9. The van der Waals surface area contributed by atoms with E-state index in [0.29, 0.717) is 5.56 Å². The van der Waals surface area contributed by atoms with Crippen molar-refractivity contribution in [2.24, 2.45) is 5.73 Å². The molecule has 0 aliphatic carbocycles. The Morgan fingerprint density at radius 2 is 2.00 bits per heavy atom. The van der Waals surface area contributed by atoms with Gasteiger partial charge in [0.1, 0.15) is 5.00 Å². The molecule has 5 N–H and O–H groups in total. The number of nitrogens with two attached hydrogens (primary N) is 1. The number of hydrogen-bond acceptors (Lipinski definition) is 5. The number of thiophene rings is 1. The second kappa shape index (κ2) is 6.16. The van der Waals surface area contributed by atoms with Crippen molar-refractivity contribution in [3.05, 3.63) is 16.0 Å². The van der Waals surface area contributed by atoms with Crippen LogP contribution in [0, 0.1) is 13.8 Å². The number of aryl methyl sites for hydroxylation is 1. The molecule has 3 amide bonds. The van der Waals surface area contributed by atoms with E-state index >= 15 is 0 Å². The molecule has 0 aromatic carbocycles. The minimum atomic E-state index is -1.13. The zero-order valence-electron chi connectivity index (χ0n) is 10.3. The molecule has 8 nitrogen and oxygen atoms in total. The number of rotatable bonds is 5. The maximum Gasteiger partial charge on any atom is 0.343 e. The van der Waals surface area contributed by atoms with Crippen LogP contribution in [-0.4, -0.2) is 29.6 Å². The van der Waals surface area contributed by atoms with Crippen LogP contribution in [0.15, 0.2) is 0 Å². The van der Waals surface area contributed by atoms with E-state index in [1.54, 1.807) is 13.8 Å². The van der Waals surface area contributed by atoms with Crippen molar-refractivity contribution in [2.75, 3.05) is 11.9 Å². The third-order valence-electron chi connectivity index (χ3n) is 2.21. The van der Waals surface area contributed by atoms with Crippen LogP contribution in [0.25, 0.3) is 0 Å². The quantitative estimate of drug-likeness (QED) is 0.589. The highest BCUT2D eigenvalue weighted by Gasteiger charge is 2.20. The fraction of sp³-hybridized carbons (Fsp3) is 0.300. The van der Waals surface area contributed by atoms with Crippen LogP contribution in [0.2, 0.25) is 0 Å². The number of hydroxylamine groups is 1. The van der Waals surface area contributed by atoms with Gasteiger partial charge in [0.05, 0.1) is 5.56 Å². The summed E-state index contributed by atoms with van der Waals surface area (Å²) in [5.41, 5.74) is 7.35. The predicted molar refractivity (Wildman–Crippen MR) is 68.1 cm³/mol. The molecule has 0 saturated carbocycles. The van der Waals surface area contributed by atoms with Crippen LogP contribution in [0.1, 0.15) is 20.8 Å². The number of anilines is 1. The van der Waals surface area contributed by atoms with E-state index in [9.17, 15) is 14.4 Å². The van der Waals surface area contributed by atoms with Gasteiger partial charge in [0.2, 0.25) is 5.91 Å². The predicted octanol–water partition coefficient (Wildman–Crippen LogP) is 0.602. The first-order chi connectivity index (χ1) is 8.82. The van der Waals surface area contributed by atoms with Gasteiger partial charge in [-0.25, -0.2) is 15.1 Å². The summed E-state index contributed by atoms with van der Waals surface area (Å²) in [6, 6.07) is -0.787. The number of urea groups is 1. The van der Waals surface area contributed by atoms with Crippen LogP contribution < -0.4 is 16.5 Å². The van der Waals surface area contributed by atoms with Gasteiger partial charge in [0, 0.05) is 4.88 Å². The van der Waals surface area contributed by atoms with Crippen molar-refractivity contribution < 1.29 is 24.3 Å². The molecule has 0 unspecified atom stereocenters. The minimum absolute atomic E-state index is 0.0348. The van der Waals surface area contributed by atoms with Gasteiger partial charge in [-0.3, -0.25) is 14.9 Å². The Morgan fingerprint density at radius 3 is 2.53 bits per heavy atom. The number of carboxylic acids is 1. The van der Waals surface area contributed by atoms with Crippen molar-refractivity contribution in [3.8, 4) is 0 Å². The van der Waals surface area contributed by atoms with Crippen LogP contribution in [0.3, 0.4) is 0 Å². The van der Waals surface area contributed by atoms with Gasteiger partial charge < -0.3 is 10.8 Å². The van der Waals surface area contributed by atoms with Crippen molar-refractivity contribution in [1.29, 1.82) is 0 Å². The normalized spacial score (nSPS) is 10.0. The molecule has 0 aliphatic rings. The number of amides is 3. The molecule has 0 spiro atoms. The molecule has 1 rings (SSSR count). The number of carbonyl (C=O) groups excluding carboxylic acids is 2. The number of aromatic carboxylic acids is 1. The van der Waals surface area contributed by atoms with E-state index in [4.69, 9.17) is 10.8 Å². The van der Waals surface area contributed by atoms with Crippen molar-refractivity contribution in [2.45, 2.75) is 13.8 Å².